The monoisotopic (exact) mass is 414 g/mol. The Morgan fingerprint density at radius 2 is 1.60 bits per heavy atom. The van der Waals surface area contributed by atoms with Gasteiger partial charge in [-0.1, -0.05) is 24.3 Å². The Labute approximate surface area is 175 Å². The summed E-state index contributed by atoms with van der Waals surface area (Å²) in [5.74, 6) is 1.05. The van der Waals surface area contributed by atoms with Gasteiger partial charge in [0.2, 0.25) is 5.91 Å². The van der Waals surface area contributed by atoms with Crippen LogP contribution in [0.1, 0.15) is 17.5 Å². The van der Waals surface area contributed by atoms with Gasteiger partial charge in [0.1, 0.15) is 11.5 Å². The number of ether oxygens (including phenoxy) is 2. The molecule has 1 aliphatic heterocycles. The van der Waals surface area contributed by atoms with E-state index in [0.717, 1.165) is 11.1 Å². The van der Waals surface area contributed by atoms with E-state index in [9.17, 15) is 9.59 Å². The molecule has 1 unspecified atom stereocenters. The van der Waals surface area contributed by atoms with Gasteiger partial charge in [0, 0.05) is 25.9 Å². The number of benzene rings is 2. The second kappa shape index (κ2) is 10.7. The van der Waals surface area contributed by atoms with Crippen LogP contribution in [0.2, 0.25) is 0 Å². The lowest BCUT2D eigenvalue weighted by atomic mass is 10.1. The number of carbonyl (C=O) groups excluding carboxylic acids is 2. The standard InChI is InChI=1S/C22H27N3O5/c23-20(22(27)25-11-13-29-14-12-25)15-17-3-8-19(9-4-17)30-18-6-1-16(2-7-18)5-10-21(26)24-28/h1-4,6-9,20,28H,5,10-15,23H2,(H,24,26)/p+1. The van der Waals surface area contributed by atoms with E-state index in [1.807, 2.05) is 53.4 Å². The van der Waals surface area contributed by atoms with Crippen LogP contribution < -0.4 is 16.0 Å². The van der Waals surface area contributed by atoms with Gasteiger partial charge in [-0.25, -0.2) is 5.48 Å². The molecule has 1 heterocycles. The predicted octanol–water partition coefficient (Wildman–Crippen LogP) is 0.929. The average molecular weight is 414 g/mol. The number of hydrogen-bond donors (Lipinski definition) is 3. The molecule has 1 aliphatic rings. The van der Waals surface area contributed by atoms with Crippen molar-refractivity contribution in [3.8, 4) is 11.5 Å². The van der Waals surface area contributed by atoms with Crippen LogP contribution in [0.25, 0.3) is 0 Å². The summed E-state index contributed by atoms with van der Waals surface area (Å²) in [5, 5.41) is 8.53. The molecule has 0 aromatic heterocycles. The van der Waals surface area contributed by atoms with E-state index in [0.29, 0.717) is 50.6 Å². The molecule has 5 N–H and O–H groups in total. The van der Waals surface area contributed by atoms with Gasteiger partial charge in [0.05, 0.1) is 13.2 Å². The molecule has 30 heavy (non-hydrogen) atoms. The third-order valence-corrected chi connectivity index (χ3v) is 5.00. The minimum Gasteiger partial charge on any atom is -0.457 e. The lowest BCUT2D eigenvalue weighted by Gasteiger charge is -2.27. The summed E-state index contributed by atoms with van der Waals surface area (Å²) >= 11 is 0. The molecule has 0 aliphatic carbocycles. The molecule has 1 fully saturated rings. The highest BCUT2D eigenvalue weighted by atomic mass is 16.5. The summed E-state index contributed by atoms with van der Waals surface area (Å²) in [5.41, 5.74) is 7.67. The van der Waals surface area contributed by atoms with Gasteiger partial charge in [0.25, 0.3) is 5.91 Å². The summed E-state index contributed by atoms with van der Waals surface area (Å²) in [6, 6.07) is 14.8. The fraction of sp³-hybridized carbons (Fsp3) is 0.364. The Hall–Kier alpha value is -2.94. The Bertz CT molecular complexity index is 833. The number of nitrogens with one attached hydrogen (secondary N) is 1. The summed E-state index contributed by atoms with van der Waals surface area (Å²) in [4.78, 5) is 25.4. The van der Waals surface area contributed by atoms with Crippen LogP contribution in [0.4, 0.5) is 0 Å². The number of hydrogen-bond acceptors (Lipinski definition) is 5. The third-order valence-electron chi connectivity index (χ3n) is 5.00. The number of hydroxylamine groups is 1. The molecule has 0 bridgehead atoms. The van der Waals surface area contributed by atoms with E-state index >= 15 is 0 Å². The van der Waals surface area contributed by atoms with E-state index in [2.05, 4.69) is 5.73 Å². The highest BCUT2D eigenvalue weighted by Crippen LogP contribution is 2.23. The molecular formula is C22H28N3O5+. The van der Waals surface area contributed by atoms with Crippen molar-refractivity contribution in [2.45, 2.75) is 25.3 Å². The van der Waals surface area contributed by atoms with Crippen molar-refractivity contribution in [1.82, 2.24) is 10.4 Å². The molecule has 3 rings (SSSR count). The predicted molar refractivity (Wildman–Crippen MR) is 109 cm³/mol. The second-order valence-corrected chi connectivity index (χ2v) is 7.26. The zero-order valence-corrected chi connectivity index (χ0v) is 16.9. The van der Waals surface area contributed by atoms with E-state index < -0.39 is 5.91 Å². The highest BCUT2D eigenvalue weighted by Gasteiger charge is 2.25. The number of aryl methyl sites for hydroxylation is 1. The van der Waals surface area contributed by atoms with Gasteiger partial charge in [-0.2, -0.15) is 0 Å². The molecule has 0 saturated carbocycles. The Morgan fingerprint density at radius 3 is 2.17 bits per heavy atom. The largest absolute Gasteiger partial charge is 0.457 e. The topological polar surface area (TPSA) is 116 Å². The number of morpholine rings is 1. The summed E-state index contributed by atoms with van der Waals surface area (Å²) in [6.45, 7) is 2.43. The smallest absolute Gasteiger partial charge is 0.281 e. The molecule has 1 saturated heterocycles. The molecule has 2 aromatic carbocycles. The fourth-order valence-corrected chi connectivity index (χ4v) is 3.28. The van der Waals surface area contributed by atoms with Crippen molar-refractivity contribution in [2.75, 3.05) is 26.3 Å². The maximum Gasteiger partial charge on any atom is 0.281 e. The first-order chi connectivity index (χ1) is 14.5. The second-order valence-electron chi connectivity index (χ2n) is 7.26. The van der Waals surface area contributed by atoms with Crippen LogP contribution in [0.3, 0.4) is 0 Å². The molecule has 1 atom stereocenters. The van der Waals surface area contributed by atoms with Gasteiger partial charge in [0.15, 0.2) is 6.04 Å². The van der Waals surface area contributed by atoms with Crippen LogP contribution in [0.5, 0.6) is 11.5 Å². The van der Waals surface area contributed by atoms with Gasteiger partial charge >= 0.3 is 0 Å². The number of amides is 2. The average Bonchev–Trinajstić information content (AvgIpc) is 2.79. The molecule has 2 amide bonds. The fourth-order valence-electron chi connectivity index (χ4n) is 3.28. The number of quaternary nitrogens is 1. The molecule has 0 spiro atoms. The summed E-state index contributed by atoms with van der Waals surface area (Å²) in [7, 11) is 0. The number of carbonyl (C=O) groups is 2. The van der Waals surface area contributed by atoms with Gasteiger partial charge in [-0.3, -0.25) is 14.8 Å². The van der Waals surface area contributed by atoms with E-state index in [4.69, 9.17) is 14.7 Å². The van der Waals surface area contributed by atoms with Crippen molar-refractivity contribution in [1.29, 1.82) is 0 Å². The lowest BCUT2D eigenvalue weighted by molar-refractivity contribution is -0.405. The van der Waals surface area contributed by atoms with Crippen molar-refractivity contribution in [2.24, 2.45) is 0 Å². The van der Waals surface area contributed by atoms with Crippen molar-refractivity contribution in [3.05, 3.63) is 59.7 Å². The van der Waals surface area contributed by atoms with E-state index in [1.54, 1.807) is 5.48 Å². The SMILES string of the molecule is [NH3+]C(Cc1ccc(Oc2ccc(CCC(=O)NO)cc2)cc1)C(=O)N1CCOCC1. The normalized spacial score (nSPS) is 14.8. The van der Waals surface area contributed by atoms with Crippen LogP contribution in [0, 0.1) is 0 Å². The van der Waals surface area contributed by atoms with Crippen LogP contribution in [0.15, 0.2) is 48.5 Å². The van der Waals surface area contributed by atoms with Gasteiger partial charge < -0.3 is 20.1 Å². The minimum atomic E-state index is -0.411. The quantitative estimate of drug-likeness (QED) is 0.439. The molecule has 2 aromatic rings. The third kappa shape index (κ3) is 6.28. The maximum absolute atomic E-state index is 12.5. The first kappa shape index (κ1) is 21.8. The first-order valence-corrected chi connectivity index (χ1v) is 10.0. The van der Waals surface area contributed by atoms with Gasteiger partial charge in [-0.05, 0) is 41.8 Å². The first-order valence-electron chi connectivity index (χ1n) is 10.0. The van der Waals surface area contributed by atoms with Crippen LogP contribution >= 0.6 is 0 Å². The van der Waals surface area contributed by atoms with Crippen molar-refractivity contribution in [3.63, 3.8) is 0 Å². The zero-order valence-electron chi connectivity index (χ0n) is 16.9. The van der Waals surface area contributed by atoms with Crippen molar-refractivity contribution < 1.29 is 30.0 Å². The molecule has 8 nitrogen and oxygen atoms in total. The van der Waals surface area contributed by atoms with E-state index in [1.165, 1.54) is 0 Å². The Morgan fingerprint density at radius 1 is 1.03 bits per heavy atom. The summed E-state index contributed by atoms with van der Waals surface area (Å²) < 4.78 is 11.1. The zero-order chi connectivity index (χ0) is 21.3. The number of rotatable bonds is 8. The molecular weight excluding hydrogens is 386 g/mol. The van der Waals surface area contributed by atoms with Crippen LogP contribution in [-0.2, 0) is 27.2 Å². The lowest BCUT2D eigenvalue weighted by Crippen LogP contribution is -2.69. The van der Waals surface area contributed by atoms with Crippen LogP contribution in [-0.4, -0.2) is 54.3 Å². The molecule has 0 radical (unpaired) electrons. The highest BCUT2D eigenvalue weighted by molar-refractivity contribution is 5.80. The Balaban J connectivity index is 1.50. The van der Waals surface area contributed by atoms with Gasteiger partial charge in [-0.15, -0.1) is 0 Å². The molecule has 160 valence electrons. The molecule has 8 heteroatoms. The Kier molecular flexibility index (Phi) is 7.78. The summed E-state index contributed by atoms with van der Waals surface area (Å²) in [6.07, 6.45) is 1.34. The van der Waals surface area contributed by atoms with E-state index in [-0.39, 0.29) is 18.4 Å². The number of nitrogens with zero attached hydrogens (tertiary/aromatic N) is 1. The maximum atomic E-state index is 12.5. The van der Waals surface area contributed by atoms with Crippen molar-refractivity contribution >= 4 is 11.8 Å². The minimum absolute atomic E-state index is 0.0650.